The van der Waals surface area contributed by atoms with Crippen LogP contribution in [0.3, 0.4) is 0 Å². The molecule has 0 saturated heterocycles. The minimum atomic E-state index is -0.951. The summed E-state index contributed by atoms with van der Waals surface area (Å²) in [7, 11) is 0. The van der Waals surface area contributed by atoms with Crippen LogP contribution in [0.5, 0.6) is 0 Å². The van der Waals surface area contributed by atoms with Crippen LogP contribution in [0.25, 0.3) is 0 Å². The standard InChI is InChI=1S/C14H20ClFO2/c1-5-18-13(14(2,3)4)12(17)10-8-9(16)6-7-11(10)15/h6-8,12-13,17H,5H2,1-4H3. The fourth-order valence-electron chi connectivity index (χ4n) is 1.90. The van der Waals surface area contributed by atoms with Gasteiger partial charge in [0.1, 0.15) is 11.9 Å². The summed E-state index contributed by atoms with van der Waals surface area (Å²) in [4.78, 5) is 0. The number of benzene rings is 1. The van der Waals surface area contributed by atoms with Gasteiger partial charge in [0.15, 0.2) is 0 Å². The lowest BCUT2D eigenvalue weighted by Crippen LogP contribution is -2.35. The number of ether oxygens (including phenoxy) is 1. The van der Waals surface area contributed by atoms with Gasteiger partial charge in [0.2, 0.25) is 0 Å². The van der Waals surface area contributed by atoms with E-state index in [9.17, 15) is 9.50 Å². The highest BCUT2D eigenvalue weighted by Gasteiger charge is 2.33. The predicted molar refractivity (Wildman–Crippen MR) is 71.2 cm³/mol. The molecule has 1 aromatic carbocycles. The topological polar surface area (TPSA) is 29.5 Å². The Hall–Kier alpha value is -0.640. The maximum atomic E-state index is 13.2. The molecular weight excluding hydrogens is 255 g/mol. The molecule has 2 atom stereocenters. The zero-order chi connectivity index (χ0) is 13.9. The van der Waals surface area contributed by atoms with Crippen LogP contribution < -0.4 is 0 Å². The Morgan fingerprint density at radius 2 is 2.00 bits per heavy atom. The van der Waals surface area contributed by atoms with Crippen molar-refractivity contribution < 1.29 is 14.2 Å². The van der Waals surface area contributed by atoms with Gasteiger partial charge in [-0.3, -0.25) is 0 Å². The van der Waals surface area contributed by atoms with Crippen LogP contribution in [-0.2, 0) is 4.74 Å². The Labute approximate surface area is 113 Å². The smallest absolute Gasteiger partial charge is 0.123 e. The third-order valence-corrected chi connectivity index (χ3v) is 3.11. The lowest BCUT2D eigenvalue weighted by molar-refractivity contribution is -0.0899. The summed E-state index contributed by atoms with van der Waals surface area (Å²) < 4.78 is 18.8. The third kappa shape index (κ3) is 3.67. The molecule has 1 aromatic rings. The third-order valence-electron chi connectivity index (χ3n) is 2.76. The summed E-state index contributed by atoms with van der Waals surface area (Å²) in [5.74, 6) is -0.419. The van der Waals surface area contributed by atoms with Gasteiger partial charge in [-0.25, -0.2) is 4.39 Å². The number of hydrogen-bond donors (Lipinski definition) is 1. The van der Waals surface area contributed by atoms with Crippen LogP contribution in [-0.4, -0.2) is 17.8 Å². The van der Waals surface area contributed by atoms with Crippen molar-refractivity contribution in [3.63, 3.8) is 0 Å². The predicted octanol–water partition coefficient (Wildman–Crippen LogP) is 3.96. The second kappa shape index (κ2) is 6.00. The summed E-state index contributed by atoms with van der Waals surface area (Å²) in [6.45, 7) is 8.22. The lowest BCUT2D eigenvalue weighted by atomic mass is 9.83. The summed E-state index contributed by atoms with van der Waals surface area (Å²) in [5, 5.41) is 10.7. The highest BCUT2D eigenvalue weighted by molar-refractivity contribution is 6.31. The van der Waals surface area contributed by atoms with E-state index >= 15 is 0 Å². The average molecular weight is 275 g/mol. The molecule has 4 heteroatoms. The van der Waals surface area contributed by atoms with Crippen LogP contribution in [0, 0.1) is 11.2 Å². The molecule has 18 heavy (non-hydrogen) atoms. The molecule has 0 saturated carbocycles. The Bertz CT molecular complexity index is 401. The molecule has 0 aliphatic carbocycles. The molecule has 0 heterocycles. The van der Waals surface area contributed by atoms with Crippen molar-refractivity contribution in [2.45, 2.75) is 39.9 Å². The van der Waals surface area contributed by atoms with E-state index in [4.69, 9.17) is 16.3 Å². The molecule has 0 fully saturated rings. The van der Waals surface area contributed by atoms with Crippen LogP contribution >= 0.6 is 11.6 Å². The molecule has 2 unspecified atom stereocenters. The van der Waals surface area contributed by atoms with E-state index in [0.29, 0.717) is 17.2 Å². The molecule has 0 aliphatic heterocycles. The fraction of sp³-hybridized carbons (Fsp3) is 0.571. The Morgan fingerprint density at radius 1 is 1.39 bits per heavy atom. The quantitative estimate of drug-likeness (QED) is 0.900. The lowest BCUT2D eigenvalue weighted by Gasteiger charge is -2.34. The Balaban J connectivity index is 3.09. The second-order valence-corrected chi connectivity index (χ2v) is 5.76. The van der Waals surface area contributed by atoms with E-state index in [-0.39, 0.29) is 5.41 Å². The summed E-state index contributed by atoms with van der Waals surface area (Å²) in [5.41, 5.74) is 0.0930. The van der Waals surface area contributed by atoms with Gasteiger partial charge in [-0.05, 0) is 30.5 Å². The highest BCUT2D eigenvalue weighted by Crippen LogP contribution is 2.35. The Kier molecular flexibility index (Phi) is 5.14. The number of aliphatic hydroxyl groups excluding tert-OH is 1. The molecule has 102 valence electrons. The first-order valence-electron chi connectivity index (χ1n) is 6.02. The SMILES string of the molecule is CCOC(C(O)c1cc(F)ccc1Cl)C(C)(C)C. The largest absolute Gasteiger partial charge is 0.386 e. The first-order valence-corrected chi connectivity index (χ1v) is 6.39. The van der Waals surface area contributed by atoms with Crippen molar-refractivity contribution in [2.75, 3.05) is 6.61 Å². The van der Waals surface area contributed by atoms with Crippen molar-refractivity contribution in [3.05, 3.63) is 34.6 Å². The molecular formula is C14H20ClFO2. The van der Waals surface area contributed by atoms with Gasteiger partial charge in [-0.2, -0.15) is 0 Å². The molecule has 0 aliphatic rings. The van der Waals surface area contributed by atoms with Crippen LogP contribution in [0.15, 0.2) is 18.2 Å². The molecule has 0 spiro atoms. The zero-order valence-electron chi connectivity index (χ0n) is 11.2. The van der Waals surface area contributed by atoms with Gasteiger partial charge in [-0.15, -0.1) is 0 Å². The van der Waals surface area contributed by atoms with Crippen molar-refractivity contribution in [2.24, 2.45) is 5.41 Å². The molecule has 1 N–H and O–H groups in total. The average Bonchev–Trinajstić information content (AvgIpc) is 2.27. The normalized spacial score (nSPS) is 15.5. The molecule has 1 rings (SSSR count). The van der Waals surface area contributed by atoms with Crippen molar-refractivity contribution >= 4 is 11.6 Å². The van der Waals surface area contributed by atoms with Gasteiger partial charge >= 0.3 is 0 Å². The second-order valence-electron chi connectivity index (χ2n) is 5.35. The zero-order valence-corrected chi connectivity index (χ0v) is 12.0. The first kappa shape index (κ1) is 15.4. The Morgan fingerprint density at radius 3 is 2.50 bits per heavy atom. The van der Waals surface area contributed by atoms with E-state index in [1.54, 1.807) is 0 Å². The fourth-order valence-corrected chi connectivity index (χ4v) is 2.13. The van der Waals surface area contributed by atoms with Crippen molar-refractivity contribution in [3.8, 4) is 0 Å². The van der Waals surface area contributed by atoms with Crippen molar-refractivity contribution in [1.82, 2.24) is 0 Å². The monoisotopic (exact) mass is 274 g/mol. The van der Waals surface area contributed by atoms with E-state index in [1.165, 1.54) is 18.2 Å². The number of aliphatic hydroxyl groups is 1. The summed E-state index contributed by atoms with van der Waals surface area (Å²) >= 11 is 6.00. The number of hydrogen-bond acceptors (Lipinski definition) is 2. The molecule has 0 amide bonds. The maximum Gasteiger partial charge on any atom is 0.123 e. The molecule has 2 nitrogen and oxygen atoms in total. The highest BCUT2D eigenvalue weighted by atomic mass is 35.5. The minimum absolute atomic E-state index is 0.273. The van der Waals surface area contributed by atoms with Gasteiger partial charge in [-0.1, -0.05) is 32.4 Å². The molecule has 0 bridgehead atoms. The van der Waals surface area contributed by atoms with Crippen molar-refractivity contribution in [1.29, 1.82) is 0 Å². The summed E-state index contributed by atoms with van der Waals surface area (Å²) in [6.07, 6.45) is -1.39. The van der Waals surface area contributed by atoms with Crippen LogP contribution in [0.1, 0.15) is 39.4 Å². The van der Waals surface area contributed by atoms with Gasteiger partial charge < -0.3 is 9.84 Å². The van der Waals surface area contributed by atoms with Gasteiger partial charge in [0.25, 0.3) is 0 Å². The van der Waals surface area contributed by atoms with Gasteiger partial charge in [0.05, 0.1) is 6.10 Å². The van der Waals surface area contributed by atoms with E-state index in [2.05, 4.69) is 0 Å². The van der Waals surface area contributed by atoms with E-state index < -0.39 is 18.0 Å². The maximum absolute atomic E-state index is 13.2. The summed E-state index contributed by atoms with van der Waals surface area (Å²) in [6, 6.07) is 3.97. The van der Waals surface area contributed by atoms with Gasteiger partial charge in [0, 0.05) is 17.2 Å². The van der Waals surface area contributed by atoms with E-state index in [1.807, 2.05) is 27.7 Å². The number of halogens is 2. The molecule has 0 radical (unpaired) electrons. The number of rotatable bonds is 4. The van der Waals surface area contributed by atoms with Crippen LogP contribution in [0.2, 0.25) is 5.02 Å². The molecule has 0 aromatic heterocycles. The van der Waals surface area contributed by atoms with Crippen LogP contribution in [0.4, 0.5) is 4.39 Å². The minimum Gasteiger partial charge on any atom is -0.386 e. The van der Waals surface area contributed by atoms with E-state index in [0.717, 1.165) is 0 Å². The first-order chi connectivity index (χ1) is 8.27.